The molecule has 0 radical (unpaired) electrons. The van der Waals surface area contributed by atoms with Crippen LogP contribution in [0.25, 0.3) is 11.1 Å². The van der Waals surface area contributed by atoms with E-state index in [9.17, 15) is 9.59 Å². The number of anilines is 2. The van der Waals surface area contributed by atoms with Crippen LogP contribution in [0.2, 0.25) is 0 Å². The quantitative estimate of drug-likeness (QED) is 0.555. The third-order valence-electron chi connectivity index (χ3n) is 5.42. The molecule has 0 aromatic heterocycles. The fraction of sp³-hybridized carbons (Fsp3) is 0.167. The van der Waals surface area contributed by atoms with Crippen molar-refractivity contribution < 1.29 is 14.3 Å². The molecule has 3 aromatic carbocycles. The van der Waals surface area contributed by atoms with E-state index in [-0.39, 0.29) is 18.4 Å². The second-order valence-corrected chi connectivity index (χ2v) is 7.41. The van der Waals surface area contributed by atoms with Gasteiger partial charge in [-0.2, -0.15) is 0 Å². The number of benzene rings is 3. The molecule has 1 aliphatic heterocycles. The van der Waals surface area contributed by atoms with Gasteiger partial charge in [0.25, 0.3) is 5.91 Å². The highest BCUT2D eigenvalue weighted by Crippen LogP contribution is 2.37. The number of carbonyl (C=O) groups excluding carboxylic acids is 2. The van der Waals surface area contributed by atoms with Crippen LogP contribution in [0.15, 0.2) is 60.7 Å². The van der Waals surface area contributed by atoms with Gasteiger partial charge >= 0.3 is 0 Å². The van der Waals surface area contributed by atoms with Crippen molar-refractivity contribution in [1.29, 1.82) is 0 Å². The third-order valence-corrected chi connectivity index (χ3v) is 5.42. The van der Waals surface area contributed by atoms with E-state index < -0.39 is 0 Å². The molecule has 0 saturated heterocycles. The lowest BCUT2D eigenvalue weighted by molar-refractivity contribution is -0.118. The number of hydrogen-bond donors (Lipinski definition) is 2. The van der Waals surface area contributed by atoms with Crippen LogP contribution < -0.4 is 15.4 Å². The zero-order valence-corrected chi connectivity index (χ0v) is 15.8. The predicted octanol–water partition coefficient (Wildman–Crippen LogP) is 4.16. The number of ether oxygens (including phenoxy) is 1. The van der Waals surface area contributed by atoms with Crippen LogP contribution >= 0.6 is 0 Å². The first-order valence-electron chi connectivity index (χ1n) is 9.72. The summed E-state index contributed by atoms with van der Waals surface area (Å²) in [6.07, 6.45) is 2.04. The highest BCUT2D eigenvalue weighted by molar-refractivity contribution is 5.94. The number of aryl methyl sites for hydroxylation is 1. The number of fused-ring (bicyclic) bond motifs is 4. The summed E-state index contributed by atoms with van der Waals surface area (Å²) < 4.78 is 5.65. The van der Waals surface area contributed by atoms with Gasteiger partial charge in [0, 0.05) is 17.8 Å². The normalized spacial score (nSPS) is 13.7. The van der Waals surface area contributed by atoms with Crippen molar-refractivity contribution in [3.8, 4) is 16.9 Å². The van der Waals surface area contributed by atoms with Crippen molar-refractivity contribution in [1.82, 2.24) is 0 Å². The lowest BCUT2D eigenvalue weighted by Crippen LogP contribution is -2.21. The molecule has 2 amide bonds. The van der Waals surface area contributed by atoms with Gasteiger partial charge in [-0.15, -0.1) is 0 Å². The molecule has 5 rings (SSSR count). The lowest BCUT2D eigenvalue weighted by Gasteiger charge is -2.17. The zero-order valence-electron chi connectivity index (χ0n) is 15.8. The van der Waals surface area contributed by atoms with E-state index in [1.54, 1.807) is 6.07 Å². The standard InChI is InChI=1S/C24H20N2O3/c27-23-10-5-16-13-19(7-9-22(16)26-23)29-14-24(28)25-18-6-8-21-17(12-18)11-15-3-1-2-4-20(15)21/h1-4,6-9,12-13H,5,10-11,14H2,(H,25,28)(H,26,27). The molecular formula is C24H20N2O3. The Labute approximate surface area is 168 Å². The molecule has 0 unspecified atom stereocenters. The Morgan fingerprint density at radius 1 is 0.931 bits per heavy atom. The highest BCUT2D eigenvalue weighted by atomic mass is 16.5. The molecule has 144 valence electrons. The molecule has 2 aliphatic rings. The number of hydrogen-bond acceptors (Lipinski definition) is 3. The molecule has 5 nitrogen and oxygen atoms in total. The van der Waals surface area contributed by atoms with Crippen molar-refractivity contribution in [2.24, 2.45) is 0 Å². The SMILES string of the molecule is O=C(COc1ccc2c(c1)CCC(=O)N2)Nc1ccc2c(c1)Cc1ccccc1-2. The van der Waals surface area contributed by atoms with E-state index in [0.717, 1.165) is 23.4 Å². The van der Waals surface area contributed by atoms with E-state index in [1.807, 2.05) is 24.3 Å². The Hall–Kier alpha value is -3.60. The second-order valence-electron chi connectivity index (χ2n) is 7.41. The van der Waals surface area contributed by atoms with Crippen LogP contribution in [-0.4, -0.2) is 18.4 Å². The molecule has 5 heteroatoms. The van der Waals surface area contributed by atoms with Crippen LogP contribution in [0.3, 0.4) is 0 Å². The Bertz CT molecular complexity index is 1140. The average Bonchev–Trinajstić information content (AvgIpc) is 3.10. The fourth-order valence-electron chi connectivity index (χ4n) is 4.02. The summed E-state index contributed by atoms with van der Waals surface area (Å²) in [7, 11) is 0. The largest absolute Gasteiger partial charge is 0.484 e. The first kappa shape index (κ1) is 17.5. The van der Waals surface area contributed by atoms with Crippen molar-refractivity contribution in [2.45, 2.75) is 19.3 Å². The van der Waals surface area contributed by atoms with E-state index in [1.165, 1.54) is 22.3 Å². The molecule has 1 aliphatic carbocycles. The summed E-state index contributed by atoms with van der Waals surface area (Å²) in [5.74, 6) is 0.453. The molecule has 3 aromatic rings. The maximum Gasteiger partial charge on any atom is 0.262 e. The first-order valence-corrected chi connectivity index (χ1v) is 9.72. The summed E-state index contributed by atoms with van der Waals surface area (Å²) in [5, 5.41) is 5.75. The highest BCUT2D eigenvalue weighted by Gasteiger charge is 2.18. The topological polar surface area (TPSA) is 67.4 Å². The van der Waals surface area contributed by atoms with Crippen molar-refractivity contribution in [2.75, 3.05) is 17.2 Å². The van der Waals surface area contributed by atoms with Crippen molar-refractivity contribution >= 4 is 23.2 Å². The van der Waals surface area contributed by atoms with Crippen LogP contribution in [0.4, 0.5) is 11.4 Å². The Morgan fingerprint density at radius 3 is 2.72 bits per heavy atom. The Morgan fingerprint density at radius 2 is 1.79 bits per heavy atom. The Kier molecular flexibility index (Phi) is 4.28. The molecule has 1 heterocycles. The molecule has 0 atom stereocenters. The molecule has 0 fully saturated rings. The number of amides is 2. The first-order chi connectivity index (χ1) is 14.2. The van der Waals surface area contributed by atoms with Gasteiger partial charge in [0.15, 0.2) is 6.61 Å². The molecule has 2 N–H and O–H groups in total. The number of rotatable bonds is 4. The van der Waals surface area contributed by atoms with Gasteiger partial charge in [-0.1, -0.05) is 30.3 Å². The van der Waals surface area contributed by atoms with Gasteiger partial charge in [0.2, 0.25) is 5.91 Å². The van der Waals surface area contributed by atoms with Crippen LogP contribution in [0.1, 0.15) is 23.1 Å². The average molecular weight is 384 g/mol. The summed E-state index contributed by atoms with van der Waals surface area (Å²) >= 11 is 0. The van der Waals surface area contributed by atoms with Crippen LogP contribution in [-0.2, 0) is 22.4 Å². The van der Waals surface area contributed by atoms with Gasteiger partial charge in [-0.3, -0.25) is 9.59 Å². The van der Waals surface area contributed by atoms with Crippen LogP contribution in [0.5, 0.6) is 5.75 Å². The number of nitrogens with one attached hydrogen (secondary N) is 2. The molecule has 29 heavy (non-hydrogen) atoms. The van der Waals surface area contributed by atoms with Crippen molar-refractivity contribution in [3.05, 3.63) is 77.4 Å². The molecule has 0 saturated carbocycles. The second kappa shape index (κ2) is 7.09. The van der Waals surface area contributed by atoms with Gasteiger partial charge < -0.3 is 15.4 Å². The van der Waals surface area contributed by atoms with Gasteiger partial charge in [0.05, 0.1) is 0 Å². The molecule has 0 bridgehead atoms. The van der Waals surface area contributed by atoms with Crippen molar-refractivity contribution in [3.63, 3.8) is 0 Å². The molecular weight excluding hydrogens is 364 g/mol. The van der Waals surface area contributed by atoms with Gasteiger partial charge in [0.1, 0.15) is 5.75 Å². The maximum atomic E-state index is 12.3. The maximum absolute atomic E-state index is 12.3. The lowest BCUT2D eigenvalue weighted by atomic mass is 10.0. The zero-order chi connectivity index (χ0) is 19.8. The van der Waals surface area contributed by atoms with E-state index in [0.29, 0.717) is 18.6 Å². The van der Waals surface area contributed by atoms with Gasteiger partial charge in [-0.25, -0.2) is 0 Å². The van der Waals surface area contributed by atoms with Gasteiger partial charge in [-0.05, 0) is 71.0 Å². The van der Waals surface area contributed by atoms with E-state index in [4.69, 9.17) is 4.74 Å². The summed E-state index contributed by atoms with van der Waals surface area (Å²) in [6, 6.07) is 19.9. The predicted molar refractivity (Wildman–Crippen MR) is 112 cm³/mol. The summed E-state index contributed by atoms with van der Waals surface area (Å²) in [5.41, 5.74) is 7.67. The minimum absolute atomic E-state index is 0.0305. The number of carbonyl (C=O) groups is 2. The molecule has 0 spiro atoms. The van der Waals surface area contributed by atoms with Crippen LogP contribution in [0, 0.1) is 0 Å². The Balaban J connectivity index is 1.22. The smallest absolute Gasteiger partial charge is 0.262 e. The monoisotopic (exact) mass is 384 g/mol. The minimum atomic E-state index is -0.202. The third kappa shape index (κ3) is 3.47. The fourth-order valence-corrected chi connectivity index (χ4v) is 4.02. The summed E-state index contributed by atoms with van der Waals surface area (Å²) in [4.78, 5) is 23.8. The van der Waals surface area contributed by atoms with E-state index >= 15 is 0 Å². The minimum Gasteiger partial charge on any atom is -0.484 e. The van der Waals surface area contributed by atoms with E-state index in [2.05, 4.69) is 41.0 Å². The summed E-state index contributed by atoms with van der Waals surface area (Å²) in [6.45, 7) is -0.0670.